The molecule has 1 fully saturated rings. The number of nitrogens with two attached hydrogens (primary N) is 1. The quantitative estimate of drug-likeness (QED) is 0.546. The Balaban J connectivity index is 2.46. The first kappa shape index (κ1) is 15.4. The van der Waals surface area contributed by atoms with Crippen LogP contribution in [0.5, 0.6) is 0 Å². The molecule has 1 rings (SSSR count). The van der Waals surface area contributed by atoms with E-state index in [1.54, 1.807) is 0 Å². The van der Waals surface area contributed by atoms with Crippen molar-refractivity contribution in [2.45, 2.75) is 32.2 Å². The zero-order valence-corrected chi connectivity index (χ0v) is 11.1. The Hall–Kier alpha value is -1.63. The standard InChI is InChI=1S/C12H21N3O4/c1-2-9(7-16)14-11(18)12(19)15-5-3-8(4-6-15)10(13)17/h8-9,16H,2-7H2,1H3,(H2,13,17)(H,14,18). The van der Waals surface area contributed by atoms with Crippen LogP contribution >= 0.6 is 0 Å². The third kappa shape index (κ3) is 4.20. The van der Waals surface area contributed by atoms with E-state index in [-0.39, 0.29) is 18.4 Å². The Morgan fingerprint density at radius 2 is 1.95 bits per heavy atom. The van der Waals surface area contributed by atoms with Crippen molar-refractivity contribution in [1.82, 2.24) is 10.2 Å². The molecule has 1 heterocycles. The normalized spacial score (nSPS) is 17.9. The summed E-state index contributed by atoms with van der Waals surface area (Å²) in [4.78, 5) is 36.0. The number of aliphatic hydroxyl groups excluding tert-OH is 1. The van der Waals surface area contributed by atoms with Gasteiger partial charge in [0.2, 0.25) is 5.91 Å². The highest BCUT2D eigenvalue weighted by Gasteiger charge is 2.29. The highest BCUT2D eigenvalue weighted by molar-refractivity contribution is 6.35. The lowest BCUT2D eigenvalue weighted by atomic mass is 9.96. The minimum absolute atomic E-state index is 0.195. The first-order valence-electron chi connectivity index (χ1n) is 6.49. The van der Waals surface area contributed by atoms with E-state index in [1.807, 2.05) is 6.92 Å². The van der Waals surface area contributed by atoms with Gasteiger partial charge in [-0.2, -0.15) is 0 Å². The number of hydrogen-bond donors (Lipinski definition) is 3. The predicted octanol–water partition coefficient (Wildman–Crippen LogP) is -1.40. The maximum absolute atomic E-state index is 11.9. The lowest BCUT2D eigenvalue weighted by molar-refractivity contribution is -0.147. The maximum atomic E-state index is 11.9. The van der Waals surface area contributed by atoms with Gasteiger partial charge < -0.3 is 21.1 Å². The van der Waals surface area contributed by atoms with E-state index in [9.17, 15) is 14.4 Å². The maximum Gasteiger partial charge on any atom is 0.311 e. The summed E-state index contributed by atoms with van der Waals surface area (Å²) < 4.78 is 0. The molecule has 0 saturated carbocycles. The van der Waals surface area contributed by atoms with E-state index >= 15 is 0 Å². The number of hydrogen-bond acceptors (Lipinski definition) is 4. The molecule has 0 radical (unpaired) electrons. The zero-order chi connectivity index (χ0) is 14.4. The van der Waals surface area contributed by atoms with E-state index in [0.717, 1.165) is 0 Å². The van der Waals surface area contributed by atoms with Crippen LogP contribution in [0, 0.1) is 5.92 Å². The van der Waals surface area contributed by atoms with Crippen LogP contribution in [0.4, 0.5) is 0 Å². The fraction of sp³-hybridized carbons (Fsp3) is 0.750. The van der Waals surface area contributed by atoms with Crippen LogP contribution in [-0.4, -0.2) is 53.5 Å². The van der Waals surface area contributed by atoms with Crippen molar-refractivity contribution in [3.63, 3.8) is 0 Å². The van der Waals surface area contributed by atoms with Crippen molar-refractivity contribution >= 4 is 17.7 Å². The number of likely N-dealkylation sites (tertiary alicyclic amines) is 1. The van der Waals surface area contributed by atoms with Crippen LogP contribution in [0.25, 0.3) is 0 Å². The molecule has 19 heavy (non-hydrogen) atoms. The number of carbonyl (C=O) groups excluding carboxylic acids is 3. The molecule has 0 spiro atoms. The number of carbonyl (C=O) groups is 3. The molecular weight excluding hydrogens is 250 g/mol. The number of piperidine rings is 1. The number of nitrogens with zero attached hydrogens (tertiary/aromatic N) is 1. The van der Waals surface area contributed by atoms with Gasteiger partial charge in [-0.3, -0.25) is 14.4 Å². The predicted molar refractivity (Wildman–Crippen MR) is 67.8 cm³/mol. The number of rotatable bonds is 4. The largest absolute Gasteiger partial charge is 0.394 e. The van der Waals surface area contributed by atoms with Gasteiger partial charge in [0.05, 0.1) is 12.6 Å². The summed E-state index contributed by atoms with van der Waals surface area (Å²) in [6.07, 6.45) is 1.54. The molecule has 1 aliphatic rings. The molecule has 4 N–H and O–H groups in total. The van der Waals surface area contributed by atoms with Crippen molar-refractivity contribution < 1.29 is 19.5 Å². The Morgan fingerprint density at radius 3 is 2.37 bits per heavy atom. The highest BCUT2D eigenvalue weighted by atomic mass is 16.3. The summed E-state index contributed by atoms with van der Waals surface area (Å²) >= 11 is 0. The van der Waals surface area contributed by atoms with Gasteiger partial charge in [0.15, 0.2) is 0 Å². The Bertz CT molecular complexity index is 347. The van der Waals surface area contributed by atoms with E-state index in [4.69, 9.17) is 10.8 Å². The monoisotopic (exact) mass is 271 g/mol. The number of primary amides is 1. The smallest absolute Gasteiger partial charge is 0.311 e. The van der Waals surface area contributed by atoms with Gasteiger partial charge in [0, 0.05) is 19.0 Å². The summed E-state index contributed by atoms with van der Waals surface area (Å²) in [6.45, 7) is 2.33. The van der Waals surface area contributed by atoms with Gasteiger partial charge in [-0.25, -0.2) is 0 Å². The first-order chi connectivity index (χ1) is 8.99. The van der Waals surface area contributed by atoms with Gasteiger partial charge in [0.1, 0.15) is 0 Å². The molecule has 0 aromatic rings. The molecule has 1 unspecified atom stereocenters. The number of amides is 3. The topological polar surface area (TPSA) is 113 Å². The van der Waals surface area contributed by atoms with Gasteiger partial charge in [-0.05, 0) is 19.3 Å². The first-order valence-corrected chi connectivity index (χ1v) is 6.49. The average molecular weight is 271 g/mol. The molecular formula is C12H21N3O4. The van der Waals surface area contributed by atoms with Crippen molar-refractivity contribution in [2.75, 3.05) is 19.7 Å². The zero-order valence-electron chi connectivity index (χ0n) is 11.1. The van der Waals surface area contributed by atoms with E-state index in [0.29, 0.717) is 32.4 Å². The fourth-order valence-electron chi connectivity index (χ4n) is 2.03. The molecule has 0 aromatic carbocycles. The third-order valence-electron chi connectivity index (χ3n) is 3.43. The van der Waals surface area contributed by atoms with Gasteiger partial charge in [0.25, 0.3) is 0 Å². The molecule has 0 bridgehead atoms. The Labute approximate surface area is 112 Å². The minimum Gasteiger partial charge on any atom is -0.394 e. The summed E-state index contributed by atoms with van der Waals surface area (Å²) in [7, 11) is 0. The lowest BCUT2D eigenvalue weighted by Crippen LogP contribution is -2.50. The highest BCUT2D eigenvalue weighted by Crippen LogP contribution is 2.16. The summed E-state index contributed by atoms with van der Waals surface area (Å²) in [5.74, 6) is -1.90. The average Bonchev–Trinajstić information content (AvgIpc) is 2.43. The summed E-state index contributed by atoms with van der Waals surface area (Å²) in [5.41, 5.74) is 5.20. The van der Waals surface area contributed by atoms with Crippen LogP contribution in [0.3, 0.4) is 0 Å². The summed E-state index contributed by atoms with van der Waals surface area (Å²) in [5, 5.41) is 11.4. The molecule has 108 valence electrons. The Kier molecular flexibility index (Phi) is 5.75. The van der Waals surface area contributed by atoms with Crippen LogP contribution in [-0.2, 0) is 14.4 Å². The van der Waals surface area contributed by atoms with Crippen LogP contribution < -0.4 is 11.1 Å². The number of aliphatic hydroxyl groups is 1. The second kappa shape index (κ2) is 7.08. The summed E-state index contributed by atoms with van der Waals surface area (Å²) in [6, 6.07) is -0.403. The minimum atomic E-state index is -0.710. The molecule has 1 aliphatic heterocycles. The molecule has 0 aromatic heterocycles. The van der Waals surface area contributed by atoms with Gasteiger partial charge in [-0.15, -0.1) is 0 Å². The van der Waals surface area contributed by atoms with Crippen molar-refractivity contribution in [3.05, 3.63) is 0 Å². The molecule has 7 heteroatoms. The lowest BCUT2D eigenvalue weighted by Gasteiger charge is -2.30. The second-order valence-electron chi connectivity index (χ2n) is 4.73. The van der Waals surface area contributed by atoms with Crippen LogP contribution in [0.15, 0.2) is 0 Å². The molecule has 0 aliphatic carbocycles. The van der Waals surface area contributed by atoms with E-state index < -0.39 is 17.9 Å². The SMILES string of the molecule is CCC(CO)NC(=O)C(=O)N1CCC(C(N)=O)CC1. The Morgan fingerprint density at radius 1 is 1.37 bits per heavy atom. The van der Waals surface area contributed by atoms with Crippen molar-refractivity contribution in [3.8, 4) is 0 Å². The number of nitrogens with one attached hydrogen (secondary N) is 1. The van der Waals surface area contributed by atoms with Crippen LogP contribution in [0.1, 0.15) is 26.2 Å². The van der Waals surface area contributed by atoms with Gasteiger partial charge >= 0.3 is 11.8 Å². The van der Waals surface area contributed by atoms with Crippen molar-refractivity contribution in [1.29, 1.82) is 0 Å². The van der Waals surface area contributed by atoms with E-state index in [1.165, 1.54) is 4.90 Å². The van der Waals surface area contributed by atoms with Crippen molar-refractivity contribution in [2.24, 2.45) is 11.7 Å². The molecule has 3 amide bonds. The van der Waals surface area contributed by atoms with Crippen LogP contribution in [0.2, 0.25) is 0 Å². The fourth-order valence-corrected chi connectivity index (χ4v) is 2.03. The molecule has 7 nitrogen and oxygen atoms in total. The molecule has 1 saturated heterocycles. The third-order valence-corrected chi connectivity index (χ3v) is 3.43. The second-order valence-corrected chi connectivity index (χ2v) is 4.73. The van der Waals surface area contributed by atoms with Gasteiger partial charge in [-0.1, -0.05) is 6.92 Å². The molecule has 1 atom stereocenters. The van der Waals surface area contributed by atoms with E-state index in [2.05, 4.69) is 5.32 Å².